The van der Waals surface area contributed by atoms with Crippen LogP contribution in [0, 0.1) is 11.3 Å². The molecule has 0 aliphatic carbocycles. The number of fused-ring (bicyclic) bond motifs is 8. The summed E-state index contributed by atoms with van der Waals surface area (Å²) in [5.41, 5.74) is 9.07. The smallest absolute Gasteiger partial charge is 0.0992 e. The van der Waals surface area contributed by atoms with Crippen LogP contribution in [-0.2, 0) is 0 Å². The minimum absolute atomic E-state index is 0.693. The average molecular weight is 519 g/mol. The van der Waals surface area contributed by atoms with Crippen LogP contribution in [0.5, 0.6) is 0 Å². The van der Waals surface area contributed by atoms with Gasteiger partial charge in [0.2, 0.25) is 0 Å². The van der Waals surface area contributed by atoms with E-state index in [0.717, 1.165) is 10.8 Å². The lowest BCUT2D eigenvalue weighted by atomic mass is 9.98. The quantitative estimate of drug-likeness (QED) is 0.224. The third kappa shape index (κ3) is 3.18. The van der Waals surface area contributed by atoms with E-state index in [2.05, 4.69) is 144 Å². The Bertz CT molecular complexity index is 2350. The molecule has 2 heteroatoms. The maximum absolute atomic E-state index is 9.96. The van der Waals surface area contributed by atoms with Crippen LogP contribution < -0.4 is 0 Å². The topological polar surface area (TPSA) is 28.2 Å². The summed E-state index contributed by atoms with van der Waals surface area (Å²) in [4.78, 5) is 0. The van der Waals surface area contributed by atoms with Crippen molar-refractivity contribution in [3.63, 3.8) is 0 Å². The van der Waals surface area contributed by atoms with E-state index in [0.29, 0.717) is 5.56 Å². The zero-order valence-electron chi connectivity index (χ0n) is 22.1. The Balaban J connectivity index is 1.39. The maximum Gasteiger partial charge on any atom is 0.0992 e. The number of hydrogen-bond donors (Lipinski definition) is 0. The molecule has 0 unspecified atom stereocenters. The molecule has 0 saturated carbocycles. The van der Waals surface area contributed by atoms with Gasteiger partial charge in [-0.05, 0) is 92.3 Å². The van der Waals surface area contributed by atoms with Crippen molar-refractivity contribution in [2.45, 2.75) is 0 Å². The monoisotopic (exact) mass is 518 g/mol. The van der Waals surface area contributed by atoms with Gasteiger partial charge < -0.3 is 4.40 Å². The normalized spacial score (nSPS) is 11.9. The molecule has 2 aromatic heterocycles. The van der Waals surface area contributed by atoms with Crippen molar-refractivity contribution >= 4 is 59.6 Å². The van der Waals surface area contributed by atoms with Gasteiger partial charge >= 0.3 is 0 Å². The molecule has 0 amide bonds. The van der Waals surface area contributed by atoms with Gasteiger partial charge in [0, 0.05) is 21.5 Å². The van der Waals surface area contributed by atoms with Crippen molar-refractivity contribution < 1.29 is 0 Å². The lowest BCUT2D eigenvalue weighted by molar-refractivity contribution is 1.38. The van der Waals surface area contributed by atoms with E-state index >= 15 is 0 Å². The van der Waals surface area contributed by atoms with Gasteiger partial charge in [0.1, 0.15) is 0 Å². The van der Waals surface area contributed by atoms with Gasteiger partial charge in [0.05, 0.1) is 28.2 Å². The molecule has 0 fully saturated rings. The molecule has 7 aromatic carbocycles. The minimum Gasteiger partial charge on any atom is -0.308 e. The Hall–Kier alpha value is -5.65. The Labute approximate surface area is 236 Å². The lowest BCUT2D eigenvalue weighted by Crippen LogP contribution is -1.84. The van der Waals surface area contributed by atoms with E-state index in [9.17, 15) is 5.26 Å². The highest BCUT2D eigenvalue weighted by Gasteiger charge is 2.20. The molecule has 0 aliphatic heterocycles. The van der Waals surface area contributed by atoms with Crippen LogP contribution in [0.1, 0.15) is 5.56 Å². The molecule has 0 aliphatic rings. The summed E-state index contributed by atoms with van der Waals surface area (Å²) in [6.07, 6.45) is 0. The summed E-state index contributed by atoms with van der Waals surface area (Å²) in [5.74, 6) is 0. The molecule has 2 heterocycles. The number of benzene rings is 7. The molecular formula is C39H22N2. The molecule has 0 radical (unpaired) electrons. The predicted octanol–water partition coefficient (Wildman–Crippen LogP) is 10.3. The highest BCUT2D eigenvalue weighted by molar-refractivity contribution is 6.26. The van der Waals surface area contributed by atoms with E-state index in [1.54, 1.807) is 0 Å². The molecule has 0 bridgehead atoms. The molecule has 2 nitrogen and oxygen atoms in total. The van der Waals surface area contributed by atoms with E-state index in [-0.39, 0.29) is 0 Å². The van der Waals surface area contributed by atoms with Crippen LogP contribution in [0.2, 0.25) is 0 Å². The Kier molecular flexibility index (Phi) is 4.43. The van der Waals surface area contributed by atoms with Crippen LogP contribution in [-0.4, -0.2) is 4.40 Å². The summed E-state index contributed by atoms with van der Waals surface area (Å²) in [7, 11) is 0. The molecule has 0 atom stereocenters. The number of rotatable bonds is 2. The largest absolute Gasteiger partial charge is 0.308 e. The highest BCUT2D eigenvalue weighted by Crippen LogP contribution is 2.42. The first-order valence-electron chi connectivity index (χ1n) is 13.9. The van der Waals surface area contributed by atoms with Gasteiger partial charge in [-0.3, -0.25) is 0 Å². The number of hydrogen-bond acceptors (Lipinski definition) is 1. The van der Waals surface area contributed by atoms with E-state index in [1.807, 2.05) is 0 Å². The molecule has 9 rings (SSSR count). The third-order valence-corrected chi connectivity index (χ3v) is 8.65. The maximum atomic E-state index is 9.96. The second-order valence-corrected chi connectivity index (χ2v) is 11.0. The number of nitrogens with zero attached hydrogens (tertiary/aromatic N) is 2. The van der Waals surface area contributed by atoms with Crippen LogP contribution in [0.4, 0.5) is 0 Å². The zero-order chi connectivity index (χ0) is 27.1. The summed E-state index contributed by atoms with van der Waals surface area (Å²) >= 11 is 0. The predicted molar refractivity (Wildman–Crippen MR) is 172 cm³/mol. The van der Waals surface area contributed by atoms with Gasteiger partial charge in [-0.2, -0.15) is 5.26 Å². The minimum atomic E-state index is 0.693. The van der Waals surface area contributed by atoms with Crippen LogP contribution in [0.15, 0.2) is 133 Å². The summed E-state index contributed by atoms with van der Waals surface area (Å²) < 4.78 is 2.42. The third-order valence-electron chi connectivity index (χ3n) is 8.65. The van der Waals surface area contributed by atoms with Crippen LogP contribution in [0.25, 0.3) is 81.9 Å². The van der Waals surface area contributed by atoms with Crippen molar-refractivity contribution in [2.24, 2.45) is 0 Å². The zero-order valence-corrected chi connectivity index (χ0v) is 22.1. The van der Waals surface area contributed by atoms with E-state index in [4.69, 9.17) is 0 Å². The Morgan fingerprint density at radius 1 is 0.415 bits per heavy atom. The molecular weight excluding hydrogens is 496 g/mol. The lowest BCUT2D eigenvalue weighted by Gasteiger charge is -2.07. The fraction of sp³-hybridized carbons (Fsp3) is 0. The second-order valence-electron chi connectivity index (χ2n) is 11.0. The standard InChI is InChI=1S/C39H22N2/c40-23-24-15-35-33-19-29-13-11-27(25-7-3-1-4-8-25)17-31(29)21-37(33)41-38-22-32-18-28(26-9-5-2-6-10-26)12-14-30(32)20-34(38)36(16-24)39(35)41/h1-22H. The van der Waals surface area contributed by atoms with Crippen LogP contribution in [0.3, 0.4) is 0 Å². The number of aromatic nitrogens is 1. The van der Waals surface area contributed by atoms with Gasteiger partial charge in [-0.25, -0.2) is 0 Å². The second kappa shape index (κ2) is 8.18. The van der Waals surface area contributed by atoms with Crippen molar-refractivity contribution in [3.05, 3.63) is 139 Å². The first-order chi connectivity index (χ1) is 20.2. The average Bonchev–Trinajstić information content (AvgIpc) is 3.53. The fourth-order valence-electron chi connectivity index (χ4n) is 6.71. The first-order valence-corrected chi connectivity index (χ1v) is 13.9. The SMILES string of the molecule is N#Cc1cc2c3cc4ccc(-c5ccccc5)cc4cc3n3c4cc5cc(-c6ccccc6)ccc5cc4c(c1)c23. The van der Waals surface area contributed by atoms with Crippen molar-refractivity contribution in [3.8, 4) is 28.3 Å². The molecule has 0 saturated heterocycles. The summed E-state index contributed by atoms with van der Waals surface area (Å²) in [6, 6.07) is 50.3. The van der Waals surface area contributed by atoms with Gasteiger partial charge in [0.25, 0.3) is 0 Å². The summed E-state index contributed by atoms with van der Waals surface area (Å²) in [5, 5.41) is 19.4. The molecule has 188 valence electrons. The van der Waals surface area contributed by atoms with Gasteiger partial charge in [-0.15, -0.1) is 0 Å². The van der Waals surface area contributed by atoms with E-state index in [1.165, 1.54) is 71.1 Å². The summed E-state index contributed by atoms with van der Waals surface area (Å²) in [6.45, 7) is 0. The molecule has 41 heavy (non-hydrogen) atoms. The first kappa shape index (κ1) is 22.2. The van der Waals surface area contributed by atoms with E-state index < -0.39 is 0 Å². The van der Waals surface area contributed by atoms with Gasteiger partial charge in [0.15, 0.2) is 0 Å². The molecule has 9 aromatic rings. The molecule has 0 spiro atoms. The Morgan fingerprint density at radius 3 is 1.37 bits per heavy atom. The molecule has 0 N–H and O–H groups in total. The fourth-order valence-corrected chi connectivity index (χ4v) is 6.71. The number of nitriles is 1. The Morgan fingerprint density at radius 2 is 0.902 bits per heavy atom. The van der Waals surface area contributed by atoms with Crippen molar-refractivity contribution in [1.29, 1.82) is 5.26 Å². The van der Waals surface area contributed by atoms with Crippen molar-refractivity contribution in [1.82, 2.24) is 4.40 Å². The highest BCUT2D eigenvalue weighted by atomic mass is 14.9. The van der Waals surface area contributed by atoms with Crippen molar-refractivity contribution in [2.75, 3.05) is 0 Å². The van der Waals surface area contributed by atoms with Gasteiger partial charge in [-0.1, -0.05) is 84.9 Å². The van der Waals surface area contributed by atoms with Crippen LogP contribution >= 0.6 is 0 Å².